The molecular weight excluding hydrogens is 252 g/mol. The fraction of sp³-hybridized carbons (Fsp3) is 0.562. The van der Waals surface area contributed by atoms with E-state index in [1.54, 1.807) is 0 Å². The van der Waals surface area contributed by atoms with Crippen molar-refractivity contribution >= 4 is 5.91 Å². The molecule has 1 heterocycles. The summed E-state index contributed by atoms with van der Waals surface area (Å²) in [6.45, 7) is 1.90. The molecule has 0 aromatic heterocycles. The van der Waals surface area contributed by atoms with Crippen molar-refractivity contribution in [2.24, 2.45) is 5.73 Å². The highest BCUT2D eigenvalue weighted by Gasteiger charge is 2.20. The molecule has 1 aliphatic heterocycles. The van der Waals surface area contributed by atoms with E-state index >= 15 is 0 Å². The van der Waals surface area contributed by atoms with Crippen LogP contribution in [0.1, 0.15) is 42.9 Å². The van der Waals surface area contributed by atoms with Crippen molar-refractivity contribution < 1.29 is 9.53 Å². The molecule has 1 saturated heterocycles. The zero-order chi connectivity index (χ0) is 13.9. The van der Waals surface area contributed by atoms with Crippen LogP contribution in [-0.4, -0.2) is 30.5 Å². The summed E-state index contributed by atoms with van der Waals surface area (Å²) in [6.07, 6.45) is 5.47. The van der Waals surface area contributed by atoms with E-state index in [4.69, 9.17) is 10.5 Å². The zero-order valence-electron chi connectivity index (χ0n) is 11.8. The molecule has 1 aliphatic carbocycles. The number of hydrogen-bond acceptors (Lipinski definition) is 3. The van der Waals surface area contributed by atoms with Crippen LogP contribution in [0.25, 0.3) is 0 Å². The number of carbonyl (C=O) groups excluding carboxylic acids is 1. The molecule has 0 radical (unpaired) electrons. The van der Waals surface area contributed by atoms with Crippen molar-refractivity contribution in [3.8, 4) is 5.75 Å². The predicted molar refractivity (Wildman–Crippen MR) is 77.6 cm³/mol. The minimum atomic E-state index is 0.0990. The number of rotatable bonds is 3. The molecule has 1 aromatic carbocycles. The minimum Gasteiger partial charge on any atom is -0.484 e. The lowest BCUT2D eigenvalue weighted by molar-refractivity contribution is -0.134. The van der Waals surface area contributed by atoms with Crippen LogP contribution in [-0.2, 0) is 11.2 Å². The van der Waals surface area contributed by atoms with Crippen LogP contribution in [0.3, 0.4) is 0 Å². The van der Waals surface area contributed by atoms with Gasteiger partial charge in [-0.2, -0.15) is 0 Å². The third kappa shape index (κ3) is 2.80. The van der Waals surface area contributed by atoms with Crippen LogP contribution in [0, 0.1) is 0 Å². The number of hydrogen-bond donors (Lipinski definition) is 1. The average molecular weight is 274 g/mol. The molecule has 4 heteroatoms. The molecular formula is C16H22N2O2. The van der Waals surface area contributed by atoms with Gasteiger partial charge in [0.2, 0.25) is 0 Å². The van der Waals surface area contributed by atoms with Gasteiger partial charge in [0.15, 0.2) is 6.61 Å². The number of fused-ring (bicyclic) bond motifs is 1. The third-order valence-corrected chi connectivity index (χ3v) is 4.31. The SMILES string of the molecule is NC1CCc2cc(OCC(=O)N3CCCCC3)ccc21. The Balaban J connectivity index is 1.57. The van der Waals surface area contributed by atoms with Crippen molar-refractivity contribution in [2.75, 3.05) is 19.7 Å². The number of nitrogens with two attached hydrogens (primary N) is 1. The van der Waals surface area contributed by atoms with Crippen LogP contribution in [0.4, 0.5) is 0 Å². The Kier molecular flexibility index (Phi) is 3.92. The highest BCUT2D eigenvalue weighted by atomic mass is 16.5. The quantitative estimate of drug-likeness (QED) is 0.917. The molecule has 1 amide bonds. The molecule has 0 bridgehead atoms. The summed E-state index contributed by atoms with van der Waals surface area (Å²) in [5.41, 5.74) is 8.50. The Bertz CT molecular complexity index is 495. The number of benzene rings is 1. The predicted octanol–water partition coefficient (Wildman–Crippen LogP) is 2.02. The molecule has 1 atom stereocenters. The number of carbonyl (C=O) groups is 1. The first kappa shape index (κ1) is 13.4. The molecule has 108 valence electrons. The van der Waals surface area contributed by atoms with E-state index in [1.807, 2.05) is 23.1 Å². The number of nitrogens with zero attached hydrogens (tertiary/aromatic N) is 1. The lowest BCUT2D eigenvalue weighted by Gasteiger charge is -2.26. The highest BCUT2D eigenvalue weighted by molar-refractivity contribution is 5.77. The monoisotopic (exact) mass is 274 g/mol. The topological polar surface area (TPSA) is 55.6 Å². The maximum absolute atomic E-state index is 12.0. The van der Waals surface area contributed by atoms with Crippen molar-refractivity contribution in [1.29, 1.82) is 0 Å². The van der Waals surface area contributed by atoms with Crippen molar-refractivity contribution in [2.45, 2.75) is 38.1 Å². The molecule has 2 aliphatic rings. The summed E-state index contributed by atoms with van der Waals surface area (Å²) in [5, 5.41) is 0. The standard InChI is InChI=1S/C16H22N2O2/c17-15-7-4-12-10-13(5-6-14(12)15)20-11-16(19)18-8-2-1-3-9-18/h5-6,10,15H,1-4,7-9,11,17H2. The second kappa shape index (κ2) is 5.83. The summed E-state index contributed by atoms with van der Waals surface area (Å²) in [7, 11) is 0. The van der Waals surface area contributed by atoms with E-state index in [9.17, 15) is 4.79 Å². The maximum atomic E-state index is 12.0. The van der Waals surface area contributed by atoms with Gasteiger partial charge in [0.05, 0.1) is 0 Å². The van der Waals surface area contributed by atoms with Gasteiger partial charge in [-0.15, -0.1) is 0 Å². The Hall–Kier alpha value is -1.55. The molecule has 3 rings (SSSR count). The molecule has 1 fully saturated rings. The van der Waals surface area contributed by atoms with Crippen LogP contribution < -0.4 is 10.5 Å². The van der Waals surface area contributed by atoms with Gasteiger partial charge in [-0.05, 0) is 55.4 Å². The van der Waals surface area contributed by atoms with Gasteiger partial charge in [-0.25, -0.2) is 0 Å². The van der Waals surface area contributed by atoms with Crippen LogP contribution in [0.15, 0.2) is 18.2 Å². The summed E-state index contributed by atoms with van der Waals surface area (Å²) in [4.78, 5) is 13.9. The summed E-state index contributed by atoms with van der Waals surface area (Å²) >= 11 is 0. The third-order valence-electron chi connectivity index (χ3n) is 4.31. The van der Waals surface area contributed by atoms with Gasteiger partial charge in [-0.3, -0.25) is 4.79 Å². The zero-order valence-corrected chi connectivity index (χ0v) is 11.8. The van der Waals surface area contributed by atoms with Gasteiger partial charge in [-0.1, -0.05) is 6.07 Å². The molecule has 4 nitrogen and oxygen atoms in total. The smallest absolute Gasteiger partial charge is 0.260 e. The van der Waals surface area contributed by atoms with Crippen molar-refractivity contribution in [3.63, 3.8) is 0 Å². The van der Waals surface area contributed by atoms with Crippen molar-refractivity contribution in [1.82, 2.24) is 4.90 Å². The first-order chi connectivity index (χ1) is 9.74. The van der Waals surface area contributed by atoms with E-state index in [0.717, 1.165) is 44.5 Å². The van der Waals surface area contributed by atoms with E-state index in [0.29, 0.717) is 0 Å². The van der Waals surface area contributed by atoms with Crippen LogP contribution in [0.5, 0.6) is 5.75 Å². The number of amides is 1. The van der Waals surface area contributed by atoms with Gasteiger partial charge < -0.3 is 15.4 Å². The molecule has 2 N–H and O–H groups in total. The lowest BCUT2D eigenvalue weighted by atomic mass is 10.1. The number of piperidine rings is 1. The van der Waals surface area contributed by atoms with E-state index < -0.39 is 0 Å². The largest absolute Gasteiger partial charge is 0.484 e. The van der Waals surface area contributed by atoms with E-state index in [-0.39, 0.29) is 18.6 Å². The fourth-order valence-electron chi connectivity index (χ4n) is 3.10. The molecule has 0 spiro atoms. The number of ether oxygens (including phenoxy) is 1. The van der Waals surface area contributed by atoms with Gasteiger partial charge in [0.1, 0.15) is 5.75 Å². The average Bonchev–Trinajstić information content (AvgIpc) is 2.87. The molecule has 1 aromatic rings. The maximum Gasteiger partial charge on any atom is 0.260 e. The van der Waals surface area contributed by atoms with E-state index in [2.05, 4.69) is 0 Å². The Labute approximate surface area is 119 Å². The van der Waals surface area contributed by atoms with Gasteiger partial charge >= 0.3 is 0 Å². The summed E-state index contributed by atoms with van der Waals surface area (Å²) in [5.74, 6) is 0.880. The van der Waals surface area contributed by atoms with Gasteiger partial charge in [0, 0.05) is 19.1 Å². The van der Waals surface area contributed by atoms with Crippen molar-refractivity contribution in [3.05, 3.63) is 29.3 Å². The van der Waals surface area contributed by atoms with Gasteiger partial charge in [0.25, 0.3) is 5.91 Å². The number of likely N-dealkylation sites (tertiary alicyclic amines) is 1. The first-order valence-corrected chi connectivity index (χ1v) is 7.53. The Morgan fingerprint density at radius 3 is 2.90 bits per heavy atom. The highest BCUT2D eigenvalue weighted by Crippen LogP contribution is 2.31. The van der Waals surface area contributed by atoms with Crippen LogP contribution >= 0.6 is 0 Å². The van der Waals surface area contributed by atoms with Crippen LogP contribution in [0.2, 0.25) is 0 Å². The molecule has 1 unspecified atom stereocenters. The Morgan fingerprint density at radius 1 is 1.30 bits per heavy atom. The Morgan fingerprint density at radius 2 is 2.10 bits per heavy atom. The summed E-state index contributed by atoms with van der Waals surface area (Å²) in [6, 6.07) is 6.15. The summed E-state index contributed by atoms with van der Waals surface area (Å²) < 4.78 is 5.65. The second-order valence-electron chi connectivity index (χ2n) is 5.74. The normalized spacial score (nSPS) is 21.6. The first-order valence-electron chi connectivity index (χ1n) is 7.53. The van der Waals surface area contributed by atoms with E-state index in [1.165, 1.54) is 17.5 Å². The molecule has 0 saturated carbocycles. The minimum absolute atomic E-state index is 0.0990. The lowest BCUT2D eigenvalue weighted by Crippen LogP contribution is -2.38. The number of aryl methyl sites for hydroxylation is 1. The molecule has 20 heavy (non-hydrogen) atoms. The second-order valence-corrected chi connectivity index (χ2v) is 5.74. The fourth-order valence-corrected chi connectivity index (χ4v) is 3.10.